The molecule has 1 unspecified atom stereocenters. The lowest BCUT2D eigenvalue weighted by molar-refractivity contribution is -0.120. The molecule has 4 heteroatoms. The predicted molar refractivity (Wildman–Crippen MR) is 74.8 cm³/mol. The Morgan fingerprint density at radius 1 is 1.47 bits per heavy atom. The van der Waals surface area contributed by atoms with Gasteiger partial charge in [0.2, 0.25) is 5.91 Å². The lowest BCUT2D eigenvalue weighted by Crippen LogP contribution is -2.27. The van der Waals surface area contributed by atoms with Crippen LogP contribution in [0.4, 0.5) is 0 Å². The Labute approximate surface area is 114 Å². The fourth-order valence-electron chi connectivity index (χ4n) is 2.69. The third-order valence-electron chi connectivity index (χ3n) is 3.57. The van der Waals surface area contributed by atoms with Gasteiger partial charge in [-0.05, 0) is 29.0 Å². The molecule has 0 saturated carbocycles. The molecule has 0 radical (unpaired) electrons. The van der Waals surface area contributed by atoms with Gasteiger partial charge >= 0.3 is 0 Å². The van der Waals surface area contributed by atoms with Crippen molar-refractivity contribution in [2.24, 2.45) is 16.9 Å². The number of fused-ring (bicyclic) bond motifs is 1. The number of benzene rings is 1. The molecule has 1 aliphatic rings. The molecule has 4 nitrogen and oxygen atoms in total. The second-order valence-corrected chi connectivity index (χ2v) is 6.08. The third kappa shape index (κ3) is 3.47. The van der Waals surface area contributed by atoms with Crippen LogP contribution in [0.15, 0.2) is 18.2 Å². The highest BCUT2D eigenvalue weighted by atomic mass is 16.5. The fourth-order valence-corrected chi connectivity index (χ4v) is 2.69. The molecule has 0 aliphatic carbocycles. The molecule has 0 saturated heterocycles. The van der Waals surface area contributed by atoms with Crippen LogP contribution in [0.3, 0.4) is 0 Å². The van der Waals surface area contributed by atoms with E-state index in [0.29, 0.717) is 6.42 Å². The smallest absolute Gasteiger partial charge is 0.217 e. The predicted octanol–water partition coefficient (Wildman–Crippen LogP) is 1.91. The lowest BCUT2D eigenvalue weighted by Gasteiger charge is -2.27. The van der Waals surface area contributed by atoms with E-state index < -0.39 is 0 Å². The van der Waals surface area contributed by atoms with Gasteiger partial charge < -0.3 is 16.2 Å². The summed E-state index contributed by atoms with van der Waals surface area (Å²) in [5.41, 5.74) is 13.7. The van der Waals surface area contributed by atoms with Crippen LogP contribution in [-0.4, -0.2) is 12.5 Å². The Kier molecular flexibility index (Phi) is 3.80. The average Bonchev–Trinajstić information content (AvgIpc) is 2.72. The summed E-state index contributed by atoms with van der Waals surface area (Å²) in [4.78, 5) is 11.1. The summed E-state index contributed by atoms with van der Waals surface area (Å²) < 4.78 is 5.48. The van der Waals surface area contributed by atoms with Crippen LogP contribution in [-0.2, 0) is 11.2 Å². The van der Waals surface area contributed by atoms with E-state index in [1.54, 1.807) is 0 Å². The third-order valence-corrected chi connectivity index (χ3v) is 3.57. The number of ether oxygens (including phenoxy) is 1. The van der Waals surface area contributed by atoms with Gasteiger partial charge in [0.1, 0.15) is 5.75 Å². The molecule has 1 amide bonds. The first-order chi connectivity index (χ1) is 8.87. The van der Waals surface area contributed by atoms with Gasteiger partial charge in [0.25, 0.3) is 0 Å². The van der Waals surface area contributed by atoms with E-state index in [-0.39, 0.29) is 17.4 Å². The second-order valence-electron chi connectivity index (χ2n) is 6.08. The quantitative estimate of drug-likeness (QED) is 0.850. The number of nitrogens with two attached hydrogens (primary N) is 2. The van der Waals surface area contributed by atoms with Crippen molar-refractivity contribution in [1.82, 2.24) is 0 Å². The number of rotatable bonds is 5. The number of primary amides is 1. The zero-order valence-electron chi connectivity index (χ0n) is 11.6. The summed E-state index contributed by atoms with van der Waals surface area (Å²) in [7, 11) is 0. The molecule has 0 bridgehead atoms. The van der Waals surface area contributed by atoms with Crippen molar-refractivity contribution in [3.8, 4) is 5.75 Å². The Balaban J connectivity index is 2.07. The summed E-state index contributed by atoms with van der Waals surface area (Å²) in [6.07, 6.45) is 2.03. The molecule has 2 rings (SSSR count). The first-order valence-corrected chi connectivity index (χ1v) is 6.67. The minimum atomic E-state index is -0.278. The maximum absolute atomic E-state index is 11.1. The maximum atomic E-state index is 11.1. The van der Waals surface area contributed by atoms with Crippen LogP contribution in [0.5, 0.6) is 5.75 Å². The summed E-state index contributed by atoms with van der Waals surface area (Å²) in [5, 5.41) is 0. The van der Waals surface area contributed by atoms with E-state index >= 15 is 0 Å². The summed E-state index contributed by atoms with van der Waals surface area (Å²) in [5.74, 6) is 0.687. The van der Waals surface area contributed by atoms with Gasteiger partial charge in [-0.3, -0.25) is 4.79 Å². The molecule has 0 fully saturated rings. The van der Waals surface area contributed by atoms with Gasteiger partial charge in [0.15, 0.2) is 0 Å². The summed E-state index contributed by atoms with van der Waals surface area (Å²) in [6, 6.07) is 6.03. The van der Waals surface area contributed by atoms with E-state index in [9.17, 15) is 4.79 Å². The van der Waals surface area contributed by atoms with Crippen LogP contribution >= 0.6 is 0 Å². The normalized spacial score (nSPS) is 15.7. The van der Waals surface area contributed by atoms with Gasteiger partial charge in [0, 0.05) is 18.9 Å². The fraction of sp³-hybridized carbons (Fsp3) is 0.533. The van der Waals surface area contributed by atoms with Crippen LogP contribution in [0.2, 0.25) is 0 Å². The standard InChI is InChI=1S/C15H22N2O2/c1-15(2,9-14(17)18)8-12(16)10-3-4-13-11(7-10)5-6-19-13/h3-4,7,12H,5-6,8-9,16H2,1-2H3,(H2,17,18). The van der Waals surface area contributed by atoms with Crippen LogP contribution in [0.1, 0.15) is 43.9 Å². The zero-order valence-corrected chi connectivity index (χ0v) is 11.6. The number of hydrogen-bond acceptors (Lipinski definition) is 3. The van der Waals surface area contributed by atoms with Gasteiger partial charge in [0.05, 0.1) is 6.61 Å². The SMILES string of the molecule is CC(C)(CC(N)=O)CC(N)c1ccc2c(c1)CCO2. The summed E-state index contributed by atoms with van der Waals surface area (Å²) in [6.45, 7) is 4.80. The number of amides is 1. The topological polar surface area (TPSA) is 78.3 Å². The van der Waals surface area contributed by atoms with Crippen LogP contribution in [0.25, 0.3) is 0 Å². The van der Waals surface area contributed by atoms with Gasteiger partial charge in [-0.2, -0.15) is 0 Å². The van der Waals surface area contributed by atoms with Crippen molar-refractivity contribution in [2.45, 2.75) is 39.2 Å². The average molecular weight is 262 g/mol. The minimum absolute atomic E-state index is 0.0831. The Bertz CT molecular complexity index is 483. The molecule has 1 heterocycles. The van der Waals surface area contributed by atoms with E-state index in [2.05, 4.69) is 6.07 Å². The second kappa shape index (κ2) is 5.21. The molecule has 1 aromatic carbocycles. The Morgan fingerprint density at radius 2 is 2.21 bits per heavy atom. The van der Waals surface area contributed by atoms with Crippen molar-refractivity contribution in [1.29, 1.82) is 0 Å². The highest BCUT2D eigenvalue weighted by molar-refractivity contribution is 5.74. The first-order valence-electron chi connectivity index (χ1n) is 6.67. The largest absolute Gasteiger partial charge is 0.493 e. The molecule has 1 aromatic rings. The van der Waals surface area contributed by atoms with E-state index in [0.717, 1.165) is 30.8 Å². The summed E-state index contributed by atoms with van der Waals surface area (Å²) >= 11 is 0. The van der Waals surface area contributed by atoms with E-state index in [1.165, 1.54) is 5.56 Å². The van der Waals surface area contributed by atoms with Crippen molar-refractivity contribution in [3.63, 3.8) is 0 Å². The Morgan fingerprint density at radius 3 is 2.89 bits per heavy atom. The number of carbonyl (C=O) groups excluding carboxylic acids is 1. The number of hydrogen-bond donors (Lipinski definition) is 2. The Hall–Kier alpha value is -1.55. The van der Waals surface area contributed by atoms with Crippen molar-refractivity contribution >= 4 is 5.91 Å². The molecule has 19 heavy (non-hydrogen) atoms. The molecular formula is C15H22N2O2. The highest BCUT2D eigenvalue weighted by Gasteiger charge is 2.25. The number of carbonyl (C=O) groups is 1. The maximum Gasteiger partial charge on any atom is 0.217 e. The van der Waals surface area contributed by atoms with Crippen molar-refractivity contribution in [2.75, 3.05) is 6.61 Å². The molecule has 104 valence electrons. The van der Waals surface area contributed by atoms with Gasteiger partial charge in [-0.1, -0.05) is 26.0 Å². The molecule has 0 aromatic heterocycles. The minimum Gasteiger partial charge on any atom is -0.493 e. The van der Waals surface area contributed by atoms with Gasteiger partial charge in [-0.25, -0.2) is 0 Å². The van der Waals surface area contributed by atoms with E-state index in [1.807, 2.05) is 26.0 Å². The molecular weight excluding hydrogens is 240 g/mol. The zero-order chi connectivity index (χ0) is 14.0. The molecule has 4 N–H and O–H groups in total. The van der Waals surface area contributed by atoms with Crippen molar-refractivity contribution in [3.05, 3.63) is 29.3 Å². The first kappa shape index (κ1) is 13.9. The molecule has 0 spiro atoms. The lowest BCUT2D eigenvalue weighted by atomic mass is 9.80. The van der Waals surface area contributed by atoms with Gasteiger partial charge in [-0.15, -0.1) is 0 Å². The van der Waals surface area contributed by atoms with Crippen LogP contribution in [0, 0.1) is 5.41 Å². The van der Waals surface area contributed by atoms with Crippen LogP contribution < -0.4 is 16.2 Å². The highest BCUT2D eigenvalue weighted by Crippen LogP contribution is 2.34. The van der Waals surface area contributed by atoms with Crippen molar-refractivity contribution < 1.29 is 9.53 Å². The monoisotopic (exact) mass is 262 g/mol. The molecule has 1 atom stereocenters. The van der Waals surface area contributed by atoms with E-state index in [4.69, 9.17) is 16.2 Å². The molecule has 1 aliphatic heterocycles.